The molecule has 0 amide bonds. The third kappa shape index (κ3) is 2.07. The van der Waals surface area contributed by atoms with E-state index in [4.69, 9.17) is 4.74 Å². The molecule has 1 saturated heterocycles. The van der Waals surface area contributed by atoms with Gasteiger partial charge in [0.2, 0.25) is 4.96 Å². The fourth-order valence-corrected chi connectivity index (χ4v) is 3.27. The first-order valence-corrected chi connectivity index (χ1v) is 7.36. The second-order valence-corrected chi connectivity index (χ2v) is 5.78. The van der Waals surface area contributed by atoms with E-state index in [0.29, 0.717) is 28.0 Å². The van der Waals surface area contributed by atoms with Gasteiger partial charge in [0.25, 0.3) is 0 Å². The van der Waals surface area contributed by atoms with Crippen LogP contribution in [0.15, 0.2) is 18.2 Å². The Morgan fingerprint density at radius 3 is 3.05 bits per heavy atom. The van der Waals surface area contributed by atoms with Gasteiger partial charge in [0.15, 0.2) is 10.8 Å². The van der Waals surface area contributed by atoms with E-state index < -0.39 is 5.82 Å². The highest BCUT2D eigenvalue weighted by Gasteiger charge is 2.25. The van der Waals surface area contributed by atoms with Crippen molar-refractivity contribution in [1.82, 2.24) is 19.8 Å². The van der Waals surface area contributed by atoms with Crippen LogP contribution in [0, 0.1) is 5.82 Å². The van der Waals surface area contributed by atoms with Crippen molar-refractivity contribution in [3.8, 4) is 16.3 Å². The monoisotopic (exact) mass is 306 g/mol. The van der Waals surface area contributed by atoms with E-state index in [-0.39, 0.29) is 11.9 Å². The van der Waals surface area contributed by atoms with E-state index in [2.05, 4.69) is 15.3 Å². The zero-order valence-electron chi connectivity index (χ0n) is 10.9. The van der Waals surface area contributed by atoms with E-state index in [0.717, 1.165) is 18.9 Å². The van der Waals surface area contributed by atoms with Gasteiger partial charge in [-0.15, -0.1) is 10.2 Å². The summed E-state index contributed by atoms with van der Waals surface area (Å²) in [7, 11) is 0. The molecule has 1 aromatic carbocycles. The molecule has 1 aliphatic heterocycles. The van der Waals surface area contributed by atoms with Gasteiger partial charge in [0, 0.05) is 18.2 Å². The number of halogens is 1. The Morgan fingerprint density at radius 2 is 2.29 bits per heavy atom. The molecule has 1 aliphatic rings. The summed E-state index contributed by atoms with van der Waals surface area (Å²) in [5.41, 5.74) is 0.335. The number of phenolic OH excluding ortho intramolecular Hbond substituents is 1. The van der Waals surface area contributed by atoms with Gasteiger partial charge in [-0.25, -0.2) is 4.39 Å². The number of ether oxygens (including phenoxy) is 1. The van der Waals surface area contributed by atoms with E-state index in [1.54, 1.807) is 4.52 Å². The number of benzene rings is 1. The molecule has 8 heteroatoms. The van der Waals surface area contributed by atoms with Crippen molar-refractivity contribution < 1.29 is 14.2 Å². The van der Waals surface area contributed by atoms with Crippen molar-refractivity contribution in [2.75, 3.05) is 6.61 Å². The van der Waals surface area contributed by atoms with Crippen LogP contribution in [0.25, 0.3) is 15.5 Å². The molecule has 3 heterocycles. The quantitative estimate of drug-likeness (QED) is 0.787. The van der Waals surface area contributed by atoms with Crippen LogP contribution in [-0.2, 0) is 4.74 Å². The average molecular weight is 306 g/mol. The van der Waals surface area contributed by atoms with Gasteiger partial charge in [-0.3, -0.25) is 0 Å². The van der Waals surface area contributed by atoms with Crippen molar-refractivity contribution >= 4 is 16.3 Å². The zero-order valence-corrected chi connectivity index (χ0v) is 11.7. The molecule has 0 spiro atoms. The number of fused-ring (bicyclic) bond motifs is 1. The smallest absolute Gasteiger partial charge is 0.235 e. The number of phenols is 1. The van der Waals surface area contributed by atoms with Crippen LogP contribution in [0.2, 0.25) is 0 Å². The van der Waals surface area contributed by atoms with Crippen molar-refractivity contribution in [1.29, 1.82) is 0 Å². The molecule has 6 nitrogen and oxygen atoms in total. The van der Waals surface area contributed by atoms with Crippen molar-refractivity contribution in [3.63, 3.8) is 0 Å². The lowest BCUT2D eigenvalue weighted by Crippen LogP contribution is -2.03. The number of rotatable bonds is 2. The largest absolute Gasteiger partial charge is 0.508 e. The lowest BCUT2D eigenvalue weighted by molar-refractivity contribution is 0.103. The zero-order chi connectivity index (χ0) is 14.4. The molecule has 0 aliphatic carbocycles. The van der Waals surface area contributed by atoms with Crippen LogP contribution in [0.5, 0.6) is 5.75 Å². The van der Waals surface area contributed by atoms with Crippen molar-refractivity contribution in [2.24, 2.45) is 0 Å². The molecule has 2 aromatic heterocycles. The summed E-state index contributed by atoms with van der Waals surface area (Å²) >= 11 is 1.25. The summed E-state index contributed by atoms with van der Waals surface area (Å²) in [6.45, 7) is 0.711. The Kier molecular flexibility index (Phi) is 2.86. The fourth-order valence-electron chi connectivity index (χ4n) is 2.40. The summed E-state index contributed by atoms with van der Waals surface area (Å²) < 4.78 is 21.1. The van der Waals surface area contributed by atoms with Gasteiger partial charge in [-0.05, 0) is 25.0 Å². The van der Waals surface area contributed by atoms with Crippen LogP contribution in [0.1, 0.15) is 24.8 Å². The van der Waals surface area contributed by atoms with E-state index in [1.807, 2.05) is 0 Å². The molecule has 4 rings (SSSR count). The van der Waals surface area contributed by atoms with Crippen LogP contribution < -0.4 is 0 Å². The SMILES string of the molecule is Oc1ccc(-c2nn3c(C4CCCO4)nnc3s2)c(F)c1. The third-order valence-electron chi connectivity index (χ3n) is 3.42. The van der Waals surface area contributed by atoms with E-state index in [1.165, 1.54) is 23.5 Å². The third-order valence-corrected chi connectivity index (χ3v) is 4.35. The minimum Gasteiger partial charge on any atom is -0.508 e. The number of aromatic nitrogens is 4. The van der Waals surface area contributed by atoms with Crippen molar-refractivity contribution in [3.05, 3.63) is 29.8 Å². The maximum atomic E-state index is 13.9. The Morgan fingerprint density at radius 1 is 1.38 bits per heavy atom. The predicted octanol–water partition coefficient (Wildman–Crippen LogP) is 2.55. The molecular weight excluding hydrogens is 295 g/mol. The van der Waals surface area contributed by atoms with Crippen LogP contribution >= 0.6 is 11.3 Å². The summed E-state index contributed by atoms with van der Waals surface area (Å²) in [6.07, 6.45) is 1.78. The van der Waals surface area contributed by atoms with Gasteiger partial charge < -0.3 is 9.84 Å². The van der Waals surface area contributed by atoms with E-state index >= 15 is 0 Å². The van der Waals surface area contributed by atoms with Gasteiger partial charge in [-0.2, -0.15) is 9.61 Å². The Balaban J connectivity index is 1.80. The van der Waals surface area contributed by atoms with Gasteiger partial charge in [-0.1, -0.05) is 11.3 Å². The Labute approximate surface area is 122 Å². The maximum absolute atomic E-state index is 13.9. The molecule has 3 aromatic rings. The highest BCUT2D eigenvalue weighted by molar-refractivity contribution is 7.19. The molecule has 1 N–H and O–H groups in total. The highest BCUT2D eigenvalue weighted by Crippen LogP contribution is 2.32. The van der Waals surface area contributed by atoms with Gasteiger partial charge in [0.1, 0.15) is 17.7 Å². The molecule has 1 unspecified atom stereocenters. The summed E-state index contributed by atoms with van der Waals surface area (Å²) in [5.74, 6) is 0.0297. The molecule has 0 radical (unpaired) electrons. The van der Waals surface area contributed by atoms with E-state index in [9.17, 15) is 9.50 Å². The Hall–Kier alpha value is -2.06. The van der Waals surface area contributed by atoms with Gasteiger partial charge >= 0.3 is 0 Å². The molecule has 0 saturated carbocycles. The summed E-state index contributed by atoms with van der Waals surface area (Å²) in [6, 6.07) is 4.00. The molecule has 21 heavy (non-hydrogen) atoms. The predicted molar refractivity (Wildman–Crippen MR) is 73.6 cm³/mol. The molecule has 0 bridgehead atoms. The first-order valence-electron chi connectivity index (χ1n) is 6.55. The second kappa shape index (κ2) is 4.74. The molecule has 108 valence electrons. The Bertz CT molecular complexity index is 810. The lowest BCUT2D eigenvalue weighted by atomic mass is 10.2. The van der Waals surface area contributed by atoms with Crippen LogP contribution in [-0.4, -0.2) is 31.5 Å². The summed E-state index contributed by atoms with van der Waals surface area (Å²) in [5, 5.41) is 22.3. The van der Waals surface area contributed by atoms with Crippen LogP contribution in [0.4, 0.5) is 4.39 Å². The average Bonchev–Trinajstić information content (AvgIpc) is 3.13. The maximum Gasteiger partial charge on any atom is 0.235 e. The number of hydrogen-bond donors (Lipinski definition) is 1. The van der Waals surface area contributed by atoms with Crippen LogP contribution in [0.3, 0.4) is 0 Å². The number of nitrogens with zero attached hydrogens (tertiary/aromatic N) is 4. The van der Waals surface area contributed by atoms with Gasteiger partial charge in [0.05, 0.1) is 0 Å². The summed E-state index contributed by atoms with van der Waals surface area (Å²) in [4.78, 5) is 0.600. The first kappa shape index (κ1) is 12.7. The lowest BCUT2D eigenvalue weighted by Gasteiger charge is -2.04. The minimum atomic E-state index is -0.515. The molecule has 1 fully saturated rings. The molecular formula is C13H11FN4O2S. The minimum absolute atomic E-state index is 0.0976. The fraction of sp³-hybridized carbons (Fsp3) is 0.308. The topological polar surface area (TPSA) is 72.5 Å². The number of aromatic hydroxyl groups is 1. The van der Waals surface area contributed by atoms with Crippen molar-refractivity contribution in [2.45, 2.75) is 18.9 Å². The second-order valence-electron chi connectivity index (χ2n) is 4.83. The highest BCUT2D eigenvalue weighted by atomic mass is 32.1. The number of hydrogen-bond acceptors (Lipinski definition) is 6. The standard InChI is InChI=1S/C13H11FN4O2S/c14-9-6-7(19)3-4-8(9)12-17-18-11(10-2-1-5-20-10)15-16-13(18)21-12/h3-4,6,10,19H,1-2,5H2. The normalized spacial score (nSPS) is 18.6. The first-order chi connectivity index (χ1) is 10.2. The molecule has 1 atom stereocenters.